The normalized spacial score (nSPS) is 12.8. The minimum Gasteiger partial charge on any atom is -0.200 e. The number of nitrogens with zero attached hydrogens (tertiary/aromatic N) is 1. The molecule has 5 aromatic rings. The zero-order valence-electron chi connectivity index (χ0n) is 19.4. The van der Waals surface area contributed by atoms with Crippen molar-refractivity contribution in [3.63, 3.8) is 0 Å². The Bertz CT molecular complexity index is 1580. The van der Waals surface area contributed by atoms with Crippen molar-refractivity contribution < 1.29 is 4.57 Å². The lowest BCUT2D eigenvalue weighted by molar-refractivity contribution is -0.659. The summed E-state index contributed by atoms with van der Waals surface area (Å²) in [5, 5.41) is 8.30. The molecule has 32 heavy (non-hydrogen) atoms. The van der Waals surface area contributed by atoms with Crippen molar-refractivity contribution in [3.05, 3.63) is 77.5 Å². The molecule has 0 unspecified atom stereocenters. The van der Waals surface area contributed by atoms with E-state index in [0.717, 1.165) is 6.42 Å². The molecule has 1 nitrogen and oxygen atoms in total. The number of hydrogen-bond acceptors (Lipinski definition) is 1. The zero-order valence-corrected chi connectivity index (χ0v) is 20.2. The SMILES string of the molecule is Cc1c2c(c(C)c3ccccc13)-c1c3c(cc4c(CC(C)C)cccc4c3cc[n+]1C)S2. The fourth-order valence-electron chi connectivity index (χ4n) is 5.62. The fourth-order valence-corrected chi connectivity index (χ4v) is 6.94. The van der Waals surface area contributed by atoms with Crippen molar-refractivity contribution in [3.8, 4) is 11.3 Å². The van der Waals surface area contributed by atoms with Crippen molar-refractivity contribution in [2.45, 2.75) is 43.9 Å². The summed E-state index contributed by atoms with van der Waals surface area (Å²) >= 11 is 1.97. The number of fused-ring (bicyclic) bond motifs is 5. The fraction of sp³-hybridized carbons (Fsp3) is 0.233. The number of aryl methyl sites for hydroxylation is 3. The highest BCUT2D eigenvalue weighted by molar-refractivity contribution is 8.00. The van der Waals surface area contributed by atoms with Crippen molar-refractivity contribution in [2.75, 3.05) is 0 Å². The maximum atomic E-state index is 2.47. The van der Waals surface area contributed by atoms with Crippen LogP contribution in [0.15, 0.2) is 70.6 Å². The Morgan fingerprint density at radius 3 is 2.28 bits per heavy atom. The monoisotopic (exact) mass is 434 g/mol. The molecule has 0 fully saturated rings. The molecule has 0 amide bonds. The van der Waals surface area contributed by atoms with E-state index in [9.17, 15) is 0 Å². The van der Waals surface area contributed by atoms with Crippen molar-refractivity contribution in [1.29, 1.82) is 0 Å². The standard InChI is InChI=1S/C30H28NS/c1-17(2)15-20-9-8-12-23-24-13-14-31(5)29-27-18(3)21-10-6-7-11-22(21)19(4)30(27)32-26(28(24)29)16-25(20)23/h6-14,16-17H,15H2,1-5H3/q+1. The average molecular weight is 435 g/mol. The summed E-state index contributed by atoms with van der Waals surface area (Å²) in [7, 11) is 2.20. The second-order valence-corrected chi connectivity index (χ2v) is 10.7. The first-order valence-electron chi connectivity index (χ1n) is 11.5. The first-order valence-corrected chi connectivity index (χ1v) is 12.3. The molecular weight excluding hydrogens is 406 g/mol. The summed E-state index contributed by atoms with van der Waals surface area (Å²) in [4.78, 5) is 2.80. The van der Waals surface area contributed by atoms with E-state index < -0.39 is 0 Å². The summed E-state index contributed by atoms with van der Waals surface area (Å²) in [6, 6.07) is 20.5. The number of benzene rings is 4. The molecule has 0 saturated carbocycles. The van der Waals surface area contributed by atoms with Crippen LogP contribution in [0.3, 0.4) is 0 Å². The molecule has 0 spiro atoms. The Morgan fingerprint density at radius 1 is 0.812 bits per heavy atom. The maximum absolute atomic E-state index is 2.47. The van der Waals surface area contributed by atoms with E-state index in [1.165, 1.54) is 70.1 Å². The van der Waals surface area contributed by atoms with Crippen LogP contribution in [0.5, 0.6) is 0 Å². The van der Waals surface area contributed by atoms with E-state index in [1.807, 2.05) is 11.8 Å². The van der Waals surface area contributed by atoms with Gasteiger partial charge < -0.3 is 0 Å². The molecule has 158 valence electrons. The van der Waals surface area contributed by atoms with Crippen molar-refractivity contribution in [2.24, 2.45) is 13.0 Å². The van der Waals surface area contributed by atoms with Gasteiger partial charge in [-0.25, -0.2) is 4.57 Å². The molecule has 6 rings (SSSR count). The Labute approximate surface area is 194 Å². The third-order valence-corrected chi connectivity index (χ3v) is 8.34. The molecule has 0 radical (unpaired) electrons. The van der Waals surface area contributed by atoms with Gasteiger partial charge in [0.1, 0.15) is 7.05 Å². The van der Waals surface area contributed by atoms with E-state index in [-0.39, 0.29) is 0 Å². The van der Waals surface area contributed by atoms with E-state index >= 15 is 0 Å². The van der Waals surface area contributed by atoms with Gasteiger partial charge in [-0.3, -0.25) is 0 Å². The van der Waals surface area contributed by atoms with Crippen molar-refractivity contribution >= 4 is 44.1 Å². The van der Waals surface area contributed by atoms with Gasteiger partial charge in [0.05, 0.1) is 10.9 Å². The van der Waals surface area contributed by atoms with Gasteiger partial charge in [-0.15, -0.1) is 0 Å². The molecule has 0 atom stereocenters. The van der Waals surface area contributed by atoms with Gasteiger partial charge in [-0.05, 0) is 70.5 Å². The van der Waals surface area contributed by atoms with Gasteiger partial charge in [-0.2, -0.15) is 0 Å². The Kier molecular flexibility index (Phi) is 4.39. The lowest BCUT2D eigenvalue weighted by atomic mass is 9.89. The van der Waals surface area contributed by atoms with Crippen LogP contribution >= 0.6 is 11.8 Å². The van der Waals surface area contributed by atoms with Gasteiger partial charge in [0, 0.05) is 21.2 Å². The number of pyridine rings is 1. The Balaban J connectivity index is 1.79. The summed E-state index contributed by atoms with van der Waals surface area (Å²) in [5.74, 6) is 0.640. The molecule has 0 bridgehead atoms. The molecule has 2 heteroatoms. The first-order chi connectivity index (χ1) is 15.5. The third kappa shape index (κ3) is 2.69. The highest BCUT2D eigenvalue weighted by Gasteiger charge is 2.31. The number of hydrogen-bond donors (Lipinski definition) is 0. The minimum atomic E-state index is 0.640. The maximum Gasteiger partial charge on any atom is 0.222 e. The largest absolute Gasteiger partial charge is 0.222 e. The lowest BCUT2D eigenvalue weighted by Crippen LogP contribution is -2.32. The van der Waals surface area contributed by atoms with Gasteiger partial charge >= 0.3 is 0 Å². The van der Waals surface area contributed by atoms with Crippen molar-refractivity contribution in [1.82, 2.24) is 0 Å². The van der Waals surface area contributed by atoms with Crippen LogP contribution in [0.2, 0.25) is 0 Å². The van der Waals surface area contributed by atoms with Gasteiger partial charge in [0.25, 0.3) is 0 Å². The third-order valence-electron chi connectivity index (χ3n) is 7.09. The van der Waals surface area contributed by atoms with E-state index in [1.54, 1.807) is 0 Å². The Morgan fingerprint density at radius 2 is 1.53 bits per heavy atom. The molecule has 0 saturated heterocycles. The summed E-state index contributed by atoms with van der Waals surface area (Å²) in [6.07, 6.45) is 3.36. The highest BCUT2D eigenvalue weighted by Crippen LogP contribution is 2.52. The Hall–Kier alpha value is -2.84. The van der Waals surface area contributed by atoms with Crippen LogP contribution in [-0.4, -0.2) is 0 Å². The predicted molar refractivity (Wildman–Crippen MR) is 138 cm³/mol. The molecule has 1 aromatic heterocycles. The van der Waals surface area contributed by atoms with Crippen LogP contribution < -0.4 is 4.57 Å². The number of rotatable bonds is 2. The smallest absolute Gasteiger partial charge is 0.200 e. The quantitative estimate of drug-likeness (QED) is 0.198. The van der Waals surface area contributed by atoms with Gasteiger partial charge in [-0.1, -0.05) is 68.1 Å². The van der Waals surface area contributed by atoms with Crippen LogP contribution in [0.25, 0.3) is 43.6 Å². The molecule has 1 aliphatic rings. The first kappa shape index (κ1) is 19.8. The average Bonchev–Trinajstić information content (AvgIpc) is 2.79. The summed E-state index contributed by atoms with van der Waals surface area (Å²) < 4.78 is 2.33. The molecule has 1 aliphatic heterocycles. The summed E-state index contributed by atoms with van der Waals surface area (Å²) in [5.41, 5.74) is 7.00. The van der Waals surface area contributed by atoms with E-state index in [4.69, 9.17) is 0 Å². The second kappa shape index (κ2) is 7.08. The van der Waals surface area contributed by atoms with Gasteiger partial charge in [0.15, 0.2) is 6.20 Å². The molecular formula is C30H28NS+. The second-order valence-electron chi connectivity index (χ2n) is 9.65. The zero-order chi connectivity index (χ0) is 22.1. The molecule has 0 aliphatic carbocycles. The van der Waals surface area contributed by atoms with Crippen LogP contribution in [0.1, 0.15) is 30.5 Å². The topological polar surface area (TPSA) is 3.88 Å². The summed E-state index contributed by atoms with van der Waals surface area (Å²) in [6.45, 7) is 9.21. The predicted octanol–water partition coefficient (Wildman–Crippen LogP) is 7.92. The van der Waals surface area contributed by atoms with Crippen LogP contribution in [0.4, 0.5) is 0 Å². The van der Waals surface area contributed by atoms with E-state index in [2.05, 4.69) is 100 Å². The van der Waals surface area contributed by atoms with Crippen LogP contribution in [0, 0.1) is 19.8 Å². The lowest BCUT2D eigenvalue weighted by Gasteiger charge is -2.24. The minimum absolute atomic E-state index is 0.640. The molecule has 0 N–H and O–H groups in total. The van der Waals surface area contributed by atoms with E-state index in [0.29, 0.717) is 5.92 Å². The van der Waals surface area contributed by atoms with Crippen LogP contribution in [-0.2, 0) is 13.5 Å². The highest BCUT2D eigenvalue weighted by atomic mass is 32.2. The van der Waals surface area contributed by atoms with Gasteiger partial charge in [0.2, 0.25) is 5.69 Å². The molecule has 2 heterocycles. The molecule has 4 aromatic carbocycles. The number of aromatic nitrogens is 1.